The van der Waals surface area contributed by atoms with Crippen molar-refractivity contribution < 1.29 is 27.8 Å². The second-order valence-corrected chi connectivity index (χ2v) is 5.99. The van der Waals surface area contributed by atoms with E-state index in [4.69, 9.17) is 9.47 Å². The van der Waals surface area contributed by atoms with Crippen LogP contribution in [0.3, 0.4) is 0 Å². The quantitative estimate of drug-likeness (QED) is 0.289. The summed E-state index contributed by atoms with van der Waals surface area (Å²) >= 11 is 0. The van der Waals surface area contributed by atoms with E-state index in [-0.39, 0.29) is 22.6 Å². The molecule has 0 spiro atoms. The Labute approximate surface area is 170 Å². The van der Waals surface area contributed by atoms with E-state index in [0.717, 1.165) is 6.07 Å². The van der Waals surface area contributed by atoms with Crippen molar-refractivity contribution in [1.29, 1.82) is 0 Å². The van der Waals surface area contributed by atoms with Crippen LogP contribution in [0.1, 0.15) is 26.3 Å². The number of benzene rings is 3. The normalized spacial score (nSPS) is 10.6. The molecule has 30 heavy (non-hydrogen) atoms. The minimum atomic E-state index is -0.862. The van der Waals surface area contributed by atoms with Crippen LogP contribution in [-0.2, 0) is 0 Å². The summed E-state index contributed by atoms with van der Waals surface area (Å²) in [4.78, 5) is 24.1. The highest BCUT2D eigenvalue weighted by Gasteiger charge is 2.16. The number of carbonyl (C=O) groups excluding carboxylic acids is 2. The Morgan fingerprint density at radius 2 is 1.70 bits per heavy atom. The zero-order chi connectivity index (χ0) is 21.5. The summed E-state index contributed by atoms with van der Waals surface area (Å²) in [6.45, 7) is 0. The standard InChI is InChI=1S/C22H16F2N2O4/c1-29-20-12-14(13-25-26-21(27)15-7-9-16(23)10-8-15)6-11-19(20)30-22(28)17-4-2-3-5-18(17)24/h2-13H,1H3,(H,26,27)/b25-13-. The highest BCUT2D eigenvalue weighted by Crippen LogP contribution is 2.28. The molecule has 1 amide bonds. The van der Waals surface area contributed by atoms with Gasteiger partial charge in [-0.1, -0.05) is 12.1 Å². The van der Waals surface area contributed by atoms with Crippen molar-refractivity contribution in [3.63, 3.8) is 0 Å². The van der Waals surface area contributed by atoms with Crippen molar-refractivity contribution >= 4 is 18.1 Å². The lowest BCUT2D eigenvalue weighted by atomic mass is 10.2. The van der Waals surface area contributed by atoms with Crippen LogP contribution in [0.5, 0.6) is 11.5 Å². The molecule has 1 N–H and O–H groups in total. The molecule has 0 aliphatic heterocycles. The lowest BCUT2D eigenvalue weighted by Crippen LogP contribution is -2.17. The summed E-state index contributed by atoms with van der Waals surface area (Å²) in [6.07, 6.45) is 1.35. The van der Waals surface area contributed by atoms with E-state index in [2.05, 4.69) is 10.5 Å². The molecule has 0 unspecified atom stereocenters. The molecular weight excluding hydrogens is 394 g/mol. The van der Waals surface area contributed by atoms with Gasteiger partial charge < -0.3 is 9.47 Å². The van der Waals surface area contributed by atoms with Gasteiger partial charge in [0.2, 0.25) is 0 Å². The number of nitrogens with one attached hydrogen (secondary N) is 1. The topological polar surface area (TPSA) is 77.0 Å². The number of esters is 1. The predicted molar refractivity (Wildman–Crippen MR) is 106 cm³/mol. The van der Waals surface area contributed by atoms with Crippen LogP contribution < -0.4 is 14.9 Å². The molecule has 6 nitrogen and oxygen atoms in total. The van der Waals surface area contributed by atoms with Crippen molar-refractivity contribution in [2.24, 2.45) is 5.10 Å². The fourth-order valence-corrected chi connectivity index (χ4v) is 2.46. The SMILES string of the molecule is COc1cc(/C=N\NC(=O)c2ccc(F)cc2)ccc1OC(=O)c1ccccc1F. The number of hydrogen-bond donors (Lipinski definition) is 1. The predicted octanol–water partition coefficient (Wildman–Crippen LogP) is 3.96. The van der Waals surface area contributed by atoms with Gasteiger partial charge in [-0.2, -0.15) is 5.10 Å². The fraction of sp³-hybridized carbons (Fsp3) is 0.0455. The maximum Gasteiger partial charge on any atom is 0.346 e. The first-order valence-corrected chi connectivity index (χ1v) is 8.71. The maximum absolute atomic E-state index is 13.7. The number of hydrogen-bond acceptors (Lipinski definition) is 5. The van der Waals surface area contributed by atoms with Crippen molar-refractivity contribution in [2.75, 3.05) is 7.11 Å². The van der Waals surface area contributed by atoms with Gasteiger partial charge in [0.15, 0.2) is 11.5 Å². The van der Waals surface area contributed by atoms with Crippen molar-refractivity contribution in [3.05, 3.63) is 95.1 Å². The number of nitrogens with zero attached hydrogens (tertiary/aromatic N) is 1. The lowest BCUT2D eigenvalue weighted by molar-refractivity contribution is 0.0724. The van der Waals surface area contributed by atoms with Crippen molar-refractivity contribution in [1.82, 2.24) is 5.43 Å². The third-order valence-electron chi connectivity index (χ3n) is 3.97. The molecular formula is C22H16F2N2O4. The average Bonchev–Trinajstić information content (AvgIpc) is 2.75. The molecule has 0 aliphatic rings. The van der Waals surface area contributed by atoms with Crippen LogP contribution >= 0.6 is 0 Å². The van der Waals surface area contributed by atoms with E-state index in [9.17, 15) is 18.4 Å². The first-order valence-electron chi connectivity index (χ1n) is 8.71. The molecule has 0 saturated carbocycles. The number of halogens is 2. The molecule has 0 saturated heterocycles. The van der Waals surface area contributed by atoms with Crippen LogP contribution in [0.2, 0.25) is 0 Å². The van der Waals surface area contributed by atoms with Crippen LogP contribution in [0.15, 0.2) is 71.8 Å². The fourth-order valence-electron chi connectivity index (χ4n) is 2.46. The van der Waals surface area contributed by atoms with Gasteiger partial charge in [0, 0.05) is 5.56 Å². The van der Waals surface area contributed by atoms with Crippen LogP contribution in [-0.4, -0.2) is 25.2 Å². The summed E-state index contributed by atoms with van der Waals surface area (Å²) in [5, 5.41) is 3.83. The molecule has 0 bridgehead atoms. The average molecular weight is 410 g/mol. The lowest BCUT2D eigenvalue weighted by Gasteiger charge is -2.10. The van der Waals surface area contributed by atoms with E-state index in [1.807, 2.05) is 0 Å². The monoisotopic (exact) mass is 410 g/mol. The molecule has 0 atom stereocenters. The largest absolute Gasteiger partial charge is 0.493 e. The second-order valence-electron chi connectivity index (χ2n) is 5.99. The Morgan fingerprint density at radius 1 is 0.967 bits per heavy atom. The molecule has 3 aromatic rings. The summed E-state index contributed by atoms with van der Waals surface area (Å²) in [5.41, 5.74) is 2.91. The third kappa shape index (κ3) is 5.05. The summed E-state index contributed by atoms with van der Waals surface area (Å²) < 4.78 is 37.1. The molecule has 3 aromatic carbocycles. The van der Waals surface area contributed by atoms with E-state index in [1.165, 1.54) is 67.9 Å². The summed E-state index contributed by atoms with van der Waals surface area (Å²) in [6, 6.07) is 15.0. The zero-order valence-electron chi connectivity index (χ0n) is 15.8. The Balaban J connectivity index is 1.68. The molecule has 0 aromatic heterocycles. The maximum atomic E-state index is 13.7. The number of ether oxygens (including phenoxy) is 2. The van der Waals surface area contributed by atoms with Crippen molar-refractivity contribution in [2.45, 2.75) is 0 Å². The van der Waals surface area contributed by atoms with Gasteiger partial charge >= 0.3 is 5.97 Å². The Morgan fingerprint density at radius 3 is 2.40 bits per heavy atom. The van der Waals surface area contributed by atoms with Crippen LogP contribution in [0.25, 0.3) is 0 Å². The molecule has 0 heterocycles. The Hall–Kier alpha value is -4.07. The van der Waals surface area contributed by atoms with Crippen molar-refractivity contribution in [3.8, 4) is 11.5 Å². The van der Waals surface area contributed by atoms with Gasteiger partial charge in [0.1, 0.15) is 11.6 Å². The van der Waals surface area contributed by atoms with Gasteiger partial charge in [0.05, 0.1) is 18.9 Å². The molecule has 0 aliphatic carbocycles. The number of rotatable bonds is 6. The Kier molecular flexibility index (Phi) is 6.49. The highest BCUT2D eigenvalue weighted by molar-refractivity contribution is 5.95. The van der Waals surface area contributed by atoms with Gasteiger partial charge in [-0.05, 0) is 60.2 Å². The van der Waals surface area contributed by atoms with Gasteiger partial charge in [-0.15, -0.1) is 0 Å². The summed E-state index contributed by atoms with van der Waals surface area (Å²) in [5.74, 6) is -2.19. The third-order valence-corrected chi connectivity index (χ3v) is 3.97. The minimum Gasteiger partial charge on any atom is -0.493 e. The number of hydrazone groups is 1. The zero-order valence-corrected chi connectivity index (χ0v) is 15.8. The second kappa shape index (κ2) is 9.42. The number of carbonyl (C=O) groups is 2. The Bertz CT molecular complexity index is 1100. The molecule has 152 valence electrons. The number of methoxy groups -OCH3 is 1. The smallest absolute Gasteiger partial charge is 0.346 e. The molecule has 0 radical (unpaired) electrons. The minimum absolute atomic E-state index is 0.0956. The molecule has 8 heteroatoms. The van der Waals surface area contributed by atoms with Gasteiger partial charge in [0.25, 0.3) is 5.91 Å². The summed E-state index contributed by atoms with van der Waals surface area (Å²) in [7, 11) is 1.38. The van der Waals surface area contributed by atoms with E-state index in [1.54, 1.807) is 6.07 Å². The first-order chi connectivity index (χ1) is 14.5. The molecule has 0 fully saturated rings. The van der Waals surface area contributed by atoms with E-state index < -0.39 is 23.5 Å². The van der Waals surface area contributed by atoms with Crippen LogP contribution in [0, 0.1) is 11.6 Å². The van der Waals surface area contributed by atoms with Gasteiger partial charge in [-0.3, -0.25) is 4.79 Å². The number of amides is 1. The van der Waals surface area contributed by atoms with E-state index in [0.29, 0.717) is 5.56 Å². The van der Waals surface area contributed by atoms with E-state index >= 15 is 0 Å². The highest BCUT2D eigenvalue weighted by atomic mass is 19.1. The molecule has 3 rings (SSSR count). The van der Waals surface area contributed by atoms with Gasteiger partial charge in [-0.25, -0.2) is 19.0 Å². The van der Waals surface area contributed by atoms with Crippen LogP contribution in [0.4, 0.5) is 8.78 Å². The first kappa shape index (κ1) is 20.7.